The third-order valence-electron chi connectivity index (χ3n) is 9.70. The van der Waals surface area contributed by atoms with Gasteiger partial charge in [-0.1, -0.05) is 97.1 Å². The Morgan fingerprint density at radius 1 is 0.380 bits per heavy atom. The van der Waals surface area contributed by atoms with Crippen LogP contribution in [-0.4, -0.2) is 23.4 Å². The molecule has 6 heteroatoms. The molecular weight excluding hydrogens is 626 g/mol. The van der Waals surface area contributed by atoms with Crippen molar-refractivity contribution in [1.29, 1.82) is 0 Å². The van der Waals surface area contributed by atoms with E-state index in [1.807, 2.05) is 94.1 Å². The van der Waals surface area contributed by atoms with Crippen LogP contribution in [0, 0.1) is 11.6 Å². The number of para-hydroxylation sites is 4. The number of fused-ring (bicyclic) bond motifs is 6. The fraction of sp³-hybridized carbons (Fsp3) is 0.0455. The van der Waals surface area contributed by atoms with Crippen LogP contribution in [0.3, 0.4) is 0 Å². The van der Waals surface area contributed by atoms with Crippen LogP contribution in [-0.2, 0) is 0 Å². The number of halogens is 2. The van der Waals surface area contributed by atoms with Gasteiger partial charge >= 0.3 is 0 Å². The quantitative estimate of drug-likeness (QED) is 0.178. The van der Waals surface area contributed by atoms with E-state index in [1.165, 1.54) is 14.2 Å². The van der Waals surface area contributed by atoms with Crippen molar-refractivity contribution in [3.63, 3.8) is 0 Å². The van der Waals surface area contributed by atoms with Gasteiger partial charge in [0.2, 0.25) is 0 Å². The number of rotatable bonds is 6. The summed E-state index contributed by atoms with van der Waals surface area (Å²) in [5.41, 5.74) is 6.11. The molecule has 0 amide bonds. The maximum Gasteiger partial charge on any atom is 0.155 e. The molecule has 0 aliphatic carbocycles. The van der Waals surface area contributed by atoms with Crippen molar-refractivity contribution in [3.8, 4) is 45.1 Å². The molecule has 9 aromatic rings. The Balaban J connectivity index is 1.22. The summed E-state index contributed by atoms with van der Waals surface area (Å²) < 4.78 is 49.5. The molecule has 0 unspecified atom stereocenters. The first-order chi connectivity index (χ1) is 24.6. The number of ether oxygens (including phenoxy) is 2. The smallest absolute Gasteiger partial charge is 0.155 e. The third-order valence-corrected chi connectivity index (χ3v) is 9.70. The van der Waals surface area contributed by atoms with Crippen LogP contribution in [0.2, 0.25) is 0 Å². The summed E-state index contributed by atoms with van der Waals surface area (Å²) in [6.07, 6.45) is 0. The molecule has 0 atom stereocenters. The summed E-state index contributed by atoms with van der Waals surface area (Å²) in [5.74, 6) is -0.0419. The summed E-state index contributed by atoms with van der Waals surface area (Å²) in [5, 5.41) is 4.17. The molecule has 242 valence electrons. The number of benzene rings is 7. The maximum absolute atomic E-state index is 16.9. The van der Waals surface area contributed by atoms with E-state index in [0.717, 1.165) is 43.6 Å². The van der Waals surface area contributed by atoms with Crippen molar-refractivity contribution in [2.24, 2.45) is 0 Å². The van der Waals surface area contributed by atoms with Crippen molar-refractivity contribution in [3.05, 3.63) is 157 Å². The standard InChI is InChI=1S/C44H30F2N2O2/c1-49-41-25-34(32-18-12-24-40(44(32)46)48-37-21-9-5-15-29(37)30-16-6-10-22-38(30)48)42(50-2)26-33(41)31-17-11-23-39(43(31)45)47-35-19-7-3-13-27(35)28-14-4-8-20-36(28)47/h3-26H,1-2H3. The Kier molecular flexibility index (Phi) is 6.92. The van der Waals surface area contributed by atoms with Gasteiger partial charge in [0.1, 0.15) is 11.5 Å². The van der Waals surface area contributed by atoms with Crippen molar-refractivity contribution in [2.45, 2.75) is 0 Å². The van der Waals surface area contributed by atoms with Crippen molar-refractivity contribution >= 4 is 43.6 Å². The monoisotopic (exact) mass is 656 g/mol. The highest BCUT2D eigenvalue weighted by molar-refractivity contribution is 6.10. The molecule has 0 aliphatic rings. The summed E-state index contributed by atoms with van der Waals surface area (Å²) in [7, 11) is 3.07. The van der Waals surface area contributed by atoms with Crippen molar-refractivity contribution < 1.29 is 18.3 Å². The zero-order chi connectivity index (χ0) is 33.9. The fourth-order valence-electron chi connectivity index (χ4n) is 7.48. The molecule has 4 nitrogen and oxygen atoms in total. The lowest BCUT2D eigenvalue weighted by atomic mass is 9.96. The first-order valence-corrected chi connectivity index (χ1v) is 16.4. The van der Waals surface area contributed by atoms with Crippen LogP contribution in [0.5, 0.6) is 11.5 Å². The van der Waals surface area contributed by atoms with E-state index in [1.54, 1.807) is 36.4 Å². The molecule has 50 heavy (non-hydrogen) atoms. The normalized spacial score (nSPS) is 11.6. The lowest BCUT2D eigenvalue weighted by Crippen LogP contribution is -2.02. The van der Waals surface area contributed by atoms with Gasteiger partial charge in [0.25, 0.3) is 0 Å². The van der Waals surface area contributed by atoms with Gasteiger partial charge < -0.3 is 18.6 Å². The molecule has 0 bridgehead atoms. The van der Waals surface area contributed by atoms with E-state index < -0.39 is 11.6 Å². The number of nitrogens with zero attached hydrogens (tertiary/aromatic N) is 2. The van der Waals surface area contributed by atoms with E-state index in [2.05, 4.69) is 24.3 Å². The first-order valence-electron chi connectivity index (χ1n) is 16.4. The molecule has 0 spiro atoms. The summed E-state index contributed by atoms with van der Waals surface area (Å²) in [6, 6.07) is 46.2. The number of aromatic nitrogens is 2. The van der Waals surface area contributed by atoms with E-state index in [0.29, 0.717) is 45.1 Å². The van der Waals surface area contributed by atoms with Crippen LogP contribution in [0.4, 0.5) is 8.78 Å². The van der Waals surface area contributed by atoms with E-state index in [4.69, 9.17) is 9.47 Å². The Labute approximate surface area is 287 Å². The van der Waals surface area contributed by atoms with Gasteiger partial charge in [-0.2, -0.15) is 0 Å². The molecule has 2 heterocycles. The average Bonchev–Trinajstić information content (AvgIpc) is 3.68. The Hall–Kier alpha value is -6.40. The minimum Gasteiger partial charge on any atom is -0.496 e. The number of methoxy groups -OCH3 is 2. The van der Waals surface area contributed by atoms with Gasteiger partial charge in [0, 0.05) is 43.8 Å². The SMILES string of the molecule is COc1cc(-c2cccc(-n3c4ccccc4c4ccccc43)c2F)c(OC)cc1-c1cccc(-n2c3ccccc3c3ccccc32)c1F. The van der Waals surface area contributed by atoms with Gasteiger partial charge in [0.15, 0.2) is 11.6 Å². The second-order valence-corrected chi connectivity index (χ2v) is 12.3. The van der Waals surface area contributed by atoms with Crippen LogP contribution in [0.1, 0.15) is 0 Å². The zero-order valence-corrected chi connectivity index (χ0v) is 27.3. The molecular formula is C44H30F2N2O2. The summed E-state index contributed by atoms with van der Waals surface area (Å²) in [4.78, 5) is 0. The van der Waals surface area contributed by atoms with E-state index >= 15 is 8.78 Å². The van der Waals surface area contributed by atoms with E-state index in [9.17, 15) is 0 Å². The highest BCUT2D eigenvalue weighted by atomic mass is 19.1. The molecule has 0 aliphatic heterocycles. The van der Waals surface area contributed by atoms with Crippen molar-refractivity contribution in [2.75, 3.05) is 14.2 Å². The highest BCUT2D eigenvalue weighted by Crippen LogP contribution is 2.45. The van der Waals surface area contributed by atoms with Crippen LogP contribution in [0.25, 0.3) is 77.2 Å². The largest absolute Gasteiger partial charge is 0.496 e. The van der Waals surface area contributed by atoms with Gasteiger partial charge in [0.05, 0.1) is 47.7 Å². The minimum absolute atomic E-state index is 0.338. The number of hydrogen-bond acceptors (Lipinski definition) is 2. The van der Waals surface area contributed by atoms with E-state index in [-0.39, 0.29) is 0 Å². The predicted octanol–water partition coefficient (Wildman–Crippen LogP) is 11.5. The third kappa shape index (κ3) is 4.35. The summed E-state index contributed by atoms with van der Waals surface area (Å²) in [6.45, 7) is 0. The first kappa shape index (κ1) is 29.7. The van der Waals surface area contributed by atoms with Gasteiger partial charge in [-0.05, 0) is 48.5 Å². The van der Waals surface area contributed by atoms with Crippen molar-refractivity contribution in [1.82, 2.24) is 9.13 Å². The Morgan fingerprint density at radius 2 is 0.700 bits per heavy atom. The second kappa shape index (κ2) is 11.6. The van der Waals surface area contributed by atoms with Gasteiger partial charge in [-0.3, -0.25) is 0 Å². The highest BCUT2D eigenvalue weighted by Gasteiger charge is 2.24. The van der Waals surface area contributed by atoms with Gasteiger partial charge in [-0.15, -0.1) is 0 Å². The molecule has 0 saturated heterocycles. The Morgan fingerprint density at radius 3 is 1.02 bits per heavy atom. The molecule has 9 rings (SSSR count). The summed E-state index contributed by atoms with van der Waals surface area (Å²) >= 11 is 0. The second-order valence-electron chi connectivity index (χ2n) is 12.3. The van der Waals surface area contributed by atoms with Crippen LogP contribution >= 0.6 is 0 Å². The molecule has 0 fully saturated rings. The maximum atomic E-state index is 16.9. The lowest BCUT2D eigenvalue weighted by molar-refractivity contribution is 0.405. The fourth-order valence-corrected chi connectivity index (χ4v) is 7.48. The number of hydrogen-bond donors (Lipinski definition) is 0. The minimum atomic E-state index is -0.411. The lowest BCUT2D eigenvalue weighted by Gasteiger charge is -2.19. The predicted molar refractivity (Wildman–Crippen MR) is 199 cm³/mol. The Bertz CT molecular complexity index is 2480. The van der Waals surface area contributed by atoms with Gasteiger partial charge in [-0.25, -0.2) is 8.78 Å². The molecule has 0 saturated carbocycles. The molecule has 2 aromatic heterocycles. The molecule has 0 radical (unpaired) electrons. The molecule has 0 N–H and O–H groups in total. The average molecular weight is 657 g/mol. The van der Waals surface area contributed by atoms with Crippen LogP contribution in [0.15, 0.2) is 146 Å². The molecule has 7 aromatic carbocycles. The topological polar surface area (TPSA) is 28.3 Å². The zero-order valence-electron chi connectivity index (χ0n) is 27.3. The van der Waals surface area contributed by atoms with Crippen LogP contribution < -0.4 is 9.47 Å².